The van der Waals surface area contributed by atoms with Crippen LogP contribution in [0.2, 0.25) is 5.02 Å². The molecule has 0 aliphatic carbocycles. The van der Waals surface area contributed by atoms with Crippen LogP contribution in [0.4, 0.5) is 11.4 Å². The van der Waals surface area contributed by atoms with Crippen LogP contribution in [0.25, 0.3) is 0 Å². The summed E-state index contributed by atoms with van der Waals surface area (Å²) < 4.78 is 0. The van der Waals surface area contributed by atoms with E-state index in [2.05, 4.69) is 10.2 Å². The van der Waals surface area contributed by atoms with E-state index in [1.807, 2.05) is 0 Å². The fourth-order valence-electron chi connectivity index (χ4n) is 2.32. The largest absolute Gasteiger partial charge is 0.392 e. The number of hydrogen-bond acceptors (Lipinski definition) is 5. The maximum Gasteiger partial charge on any atom is 0.294 e. The van der Waals surface area contributed by atoms with Crippen LogP contribution in [-0.2, 0) is 0 Å². The first-order valence-electron chi connectivity index (χ1n) is 6.73. The summed E-state index contributed by atoms with van der Waals surface area (Å²) in [5.74, 6) is -0.390. The molecule has 21 heavy (non-hydrogen) atoms. The van der Waals surface area contributed by atoms with Gasteiger partial charge in [-0.05, 0) is 32.0 Å². The number of hydrogen-bond donors (Lipinski definition) is 2. The highest BCUT2D eigenvalue weighted by molar-refractivity contribution is 6.34. The molecule has 1 aliphatic heterocycles. The second kappa shape index (κ2) is 6.73. The number of nitro benzene ring substituents is 1. The molecule has 0 spiro atoms. The summed E-state index contributed by atoms with van der Waals surface area (Å²) in [6, 6.07) is 2.49. The van der Waals surface area contributed by atoms with Crippen molar-refractivity contribution in [2.45, 2.75) is 12.8 Å². The van der Waals surface area contributed by atoms with Gasteiger partial charge >= 0.3 is 0 Å². The van der Waals surface area contributed by atoms with Crippen LogP contribution in [0.15, 0.2) is 12.1 Å². The van der Waals surface area contributed by atoms with Gasteiger partial charge in [-0.1, -0.05) is 11.6 Å². The molecular weight excluding hydrogens is 296 g/mol. The number of anilines is 1. The van der Waals surface area contributed by atoms with Crippen LogP contribution >= 0.6 is 11.6 Å². The Morgan fingerprint density at radius 3 is 2.71 bits per heavy atom. The lowest BCUT2D eigenvalue weighted by atomic mass is 10.1. The topological polar surface area (TPSA) is 102 Å². The zero-order chi connectivity index (χ0) is 15.4. The molecule has 2 rings (SSSR count). The Morgan fingerprint density at radius 1 is 1.43 bits per heavy atom. The van der Waals surface area contributed by atoms with Crippen LogP contribution in [0.1, 0.15) is 23.2 Å². The first kappa shape index (κ1) is 15.5. The van der Waals surface area contributed by atoms with Crippen molar-refractivity contribution in [3.05, 3.63) is 32.8 Å². The molecule has 1 amide bonds. The van der Waals surface area contributed by atoms with Gasteiger partial charge in [-0.3, -0.25) is 14.9 Å². The number of amides is 1. The predicted molar refractivity (Wildman–Crippen MR) is 80.5 cm³/mol. The van der Waals surface area contributed by atoms with E-state index < -0.39 is 4.92 Å². The van der Waals surface area contributed by atoms with Gasteiger partial charge in [0.1, 0.15) is 5.69 Å². The highest BCUT2D eigenvalue weighted by Crippen LogP contribution is 2.30. The first-order valence-corrected chi connectivity index (χ1v) is 7.11. The minimum atomic E-state index is -0.651. The summed E-state index contributed by atoms with van der Waals surface area (Å²) in [5.41, 5.74) is 5.18. The fraction of sp³-hybridized carbons (Fsp3) is 0.462. The van der Waals surface area contributed by atoms with Crippen molar-refractivity contribution in [2.75, 3.05) is 31.9 Å². The average Bonchev–Trinajstić information content (AvgIpc) is 2.94. The Bertz CT molecular complexity index is 559. The highest BCUT2D eigenvalue weighted by atomic mass is 35.5. The lowest BCUT2D eigenvalue weighted by Gasteiger charge is -2.14. The van der Waals surface area contributed by atoms with Gasteiger partial charge in [-0.25, -0.2) is 0 Å². The van der Waals surface area contributed by atoms with E-state index in [1.165, 1.54) is 18.9 Å². The Kier molecular flexibility index (Phi) is 4.98. The quantitative estimate of drug-likeness (QED) is 0.489. The molecule has 1 saturated heterocycles. The van der Waals surface area contributed by atoms with Crippen LogP contribution in [-0.4, -0.2) is 41.9 Å². The summed E-state index contributed by atoms with van der Waals surface area (Å²) >= 11 is 5.83. The van der Waals surface area contributed by atoms with Crippen LogP contribution in [0.5, 0.6) is 0 Å². The molecular formula is C13H17ClN4O3. The van der Waals surface area contributed by atoms with Crippen molar-refractivity contribution in [2.24, 2.45) is 0 Å². The van der Waals surface area contributed by atoms with Gasteiger partial charge < -0.3 is 16.0 Å². The van der Waals surface area contributed by atoms with E-state index in [9.17, 15) is 14.9 Å². The number of rotatable bonds is 5. The molecule has 0 bridgehead atoms. The molecule has 0 unspecified atom stereocenters. The molecule has 1 aliphatic rings. The van der Waals surface area contributed by atoms with Crippen molar-refractivity contribution in [1.29, 1.82) is 0 Å². The molecule has 1 aromatic carbocycles. The Labute approximate surface area is 127 Å². The first-order chi connectivity index (χ1) is 9.99. The van der Waals surface area contributed by atoms with Crippen LogP contribution in [0.3, 0.4) is 0 Å². The van der Waals surface area contributed by atoms with Crippen LogP contribution in [0, 0.1) is 10.1 Å². The minimum Gasteiger partial charge on any atom is -0.392 e. The second-order valence-corrected chi connectivity index (χ2v) is 5.36. The molecule has 1 fully saturated rings. The number of nitrogen functional groups attached to an aromatic ring is 1. The van der Waals surface area contributed by atoms with Gasteiger partial charge in [0.25, 0.3) is 11.6 Å². The Hall–Kier alpha value is -1.86. The summed E-state index contributed by atoms with van der Waals surface area (Å²) in [4.78, 5) is 24.5. The van der Waals surface area contributed by atoms with E-state index in [-0.39, 0.29) is 27.9 Å². The lowest BCUT2D eigenvalue weighted by molar-refractivity contribution is -0.383. The van der Waals surface area contributed by atoms with Crippen LogP contribution < -0.4 is 11.1 Å². The molecule has 7 nitrogen and oxygen atoms in total. The Morgan fingerprint density at radius 2 is 2.10 bits per heavy atom. The predicted octanol–water partition coefficient (Wildman–Crippen LogP) is 1.66. The van der Waals surface area contributed by atoms with E-state index >= 15 is 0 Å². The van der Waals surface area contributed by atoms with Gasteiger partial charge in [0.2, 0.25) is 0 Å². The number of halogens is 1. The molecule has 0 aromatic heterocycles. The van der Waals surface area contributed by atoms with Crippen molar-refractivity contribution >= 4 is 28.9 Å². The second-order valence-electron chi connectivity index (χ2n) is 4.95. The molecule has 3 N–H and O–H groups in total. The van der Waals surface area contributed by atoms with Gasteiger partial charge in [0, 0.05) is 24.7 Å². The molecule has 1 aromatic rings. The number of nitrogens with zero attached hydrogens (tertiary/aromatic N) is 2. The minimum absolute atomic E-state index is 0.00823. The number of benzene rings is 1. The third-order valence-electron chi connectivity index (χ3n) is 3.48. The summed E-state index contributed by atoms with van der Waals surface area (Å²) in [6.07, 6.45) is 2.38. The fourth-order valence-corrected chi connectivity index (χ4v) is 2.54. The number of likely N-dealkylation sites (tertiary alicyclic amines) is 1. The van der Waals surface area contributed by atoms with Crippen molar-refractivity contribution < 1.29 is 9.72 Å². The van der Waals surface area contributed by atoms with E-state index in [0.29, 0.717) is 6.54 Å². The zero-order valence-electron chi connectivity index (χ0n) is 11.5. The van der Waals surface area contributed by atoms with Crippen molar-refractivity contribution in [3.63, 3.8) is 0 Å². The summed E-state index contributed by atoms with van der Waals surface area (Å²) in [5, 5.41) is 13.6. The van der Waals surface area contributed by atoms with Gasteiger partial charge in [0.15, 0.2) is 0 Å². The molecule has 0 saturated carbocycles. The molecule has 0 atom stereocenters. The van der Waals surface area contributed by atoms with Crippen molar-refractivity contribution in [1.82, 2.24) is 10.2 Å². The van der Waals surface area contributed by atoms with Gasteiger partial charge in [-0.2, -0.15) is 0 Å². The monoisotopic (exact) mass is 312 g/mol. The molecule has 0 radical (unpaired) electrons. The number of carbonyl (C=O) groups is 1. The highest BCUT2D eigenvalue weighted by Gasteiger charge is 2.19. The smallest absolute Gasteiger partial charge is 0.294 e. The molecule has 1 heterocycles. The van der Waals surface area contributed by atoms with Gasteiger partial charge in [-0.15, -0.1) is 0 Å². The van der Waals surface area contributed by atoms with E-state index in [4.69, 9.17) is 17.3 Å². The maximum absolute atomic E-state index is 12.0. The van der Waals surface area contributed by atoms with E-state index in [1.54, 1.807) is 0 Å². The number of nitrogens with one attached hydrogen (secondary N) is 1. The third kappa shape index (κ3) is 3.83. The average molecular weight is 313 g/mol. The van der Waals surface area contributed by atoms with E-state index in [0.717, 1.165) is 25.7 Å². The number of carbonyl (C=O) groups excluding carboxylic acids is 1. The normalized spacial score (nSPS) is 15.1. The SMILES string of the molecule is Nc1c(Cl)cc(C(=O)NCCN2CCCC2)cc1[N+](=O)[O-]. The Balaban J connectivity index is 1.99. The molecule has 114 valence electrons. The van der Waals surface area contributed by atoms with Crippen molar-refractivity contribution in [3.8, 4) is 0 Å². The molecule has 8 heteroatoms. The summed E-state index contributed by atoms with van der Waals surface area (Å²) in [7, 11) is 0. The third-order valence-corrected chi connectivity index (χ3v) is 3.79. The summed E-state index contributed by atoms with van der Waals surface area (Å²) in [6.45, 7) is 3.37. The number of nitrogens with two attached hydrogens (primary N) is 1. The standard InChI is InChI=1S/C13H17ClN4O3/c14-10-7-9(8-11(12(10)15)18(20)21)13(19)16-3-6-17-4-1-2-5-17/h7-8H,1-6,15H2,(H,16,19). The number of nitro groups is 1. The lowest BCUT2D eigenvalue weighted by Crippen LogP contribution is -2.33. The van der Waals surface area contributed by atoms with Gasteiger partial charge in [0.05, 0.1) is 9.95 Å². The maximum atomic E-state index is 12.0. The zero-order valence-corrected chi connectivity index (χ0v) is 12.2.